The quantitative estimate of drug-likeness (QED) is 0.748. The van der Waals surface area contributed by atoms with Crippen LogP contribution in [-0.2, 0) is 11.2 Å². The number of nitrogens with one attached hydrogen (secondary N) is 2. The van der Waals surface area contributed by atoms with Crippen LogP contribution < -0.4 is 10.2 Å². The zero-order valence-electron chi connectivity index (χ0n) is 11.4. The van der Waals surface area contributed by atoms with Crippen molar-refractivity contribution in [2.45, 2.75) is 12.5 Å². The zero-order valence-corrected chi connectivity index (χ0v) is 11.4. The number of amides is 2. The molecule has 0 aliphatic heterocycles. The average molecular weight is 289 g/mol. The van der Waals surface area contributed by atoms with Crippen LogP contribution in [0.3, 0.4) is 0 Å². The molecular formula is C13H15N5O3. The maximum Gasteiger partial charge on any atom is 0.326 e. The number of aromatic nitrogens is 3. The second-order valence-electron chi connectivity index (χ2n) is 4.39. The van der Waals surface area contributed by atoms with Crippen LogP contribution in [0.15, 0.2) is 37.1 Å². The Labute approximate surface area is 120 Å². The Kier molecular flexibility index (Phi) is 4.50. The number of nitrogens with zero attached hydrogens (tertiary/aromatic N) is 3. The van der Waals surface area contributed by atoms with E-state index < -0.39 is 18.0 Å². The molecule has 2 amide bonds. The molecule has 2 heterocycles. The summed E-state index contributed by atoms with van der Waals surface area (Å²) in [6, 6.07) is 1.84. The van der Waals surface area contributed by atoms with Crippen LogP contribution in [-0.4, -0.2) is 45.1 Å². The number of carboxylic acid groups (broad SMARTS) is 1. The molecule has 21 heavy (non-hydrogen) atoms. The SMILES string of the molecule is CN(C(=O)N[C@@H](Cc1cnc[nH]1)C(=O)O)c1cccnc1. The number of imidazole rings is 1. The minimum atomic E-state index is -1.11. The highest BCUT2D eigenvalue weighted by molar-refractivity contribution is 5.93. The molecular weight excluding hydrogens is 274 g/mol. The van der Waals surface area contributed by atoms with Gasteiger partial charge in [-0.15, -0.1) is 0 Å². The molecule has 2 aromatic rings. The van der Waals surface area contributed by atoms with Crippen LogP contribution in [0.5, 0.6) is 0 Å². The van der Waals surface area contributed by atoms with Gasteiger partial charge in [0.25, 0.3) is 0 Å². The molecule has 0 unspecified atom stereocenters. The van der Waals surface area contributed by atoms with Gasteiger partial charge in [0.05, 0.1) is 18.2 Å². The number of hydrogen-bond donors (Lipinski definition) is 3. The van der Waals surface area contributed by atoms with Crippen molar-refractivity contribution in [3.05, 3.63) is 42.7 Å². The molecule has 0 saturated carbocycles. The summed E-state index contributed by atoms with van der Waals surface area (Å²) in [4.78, 5) is 35.2. The summed E-state index contributed by atoms with van der Waals surface area (Å²) in [7, 11) is 1.54. The van der Waals surface area contributed by atoms with E-state index in [0.717, 1.165) is 0 Å². The Morgan fingerprint density at radius 3 is 2.81 bits per heavy atom. The van der Waals surface area contributed by atoms with Crippen LogP contribution in [0, 0.1) is 0 Å². The summed E-state index contributed by atoms with van der Waals surface area (Å²) in [5.41, 5.74) is 1.20. The van der Waals surface area contributed by atoms with E-state index in [1.165, 1.54) is 23.6 Å². The molecule has 0 aromatic carbocycles. The van der Waals surface area contributed by atoms with E-state index in [9.17, 15) is 14.7 Å². The standard InChI is InChI=1S/C13H15N5O3/c1-18(10-3-2-4-14-7-10)13(21)17-11(12(19)20)5-9-6-15-8-16-9/h2-4,6-8,11H,5H2,1H3,(H,15,16)(H,17,21)(H,19,20)/t11-/m0/s1. The van der Waals surface area contributed by atoms with Gasteiger partial charge in [-0.2, -0.15) is 0 Å². The first-order valence-electron chi connectivity index (χ1n) is 6.22. The van der Waals surface area contributed by atoms with Crippen molar-refractivity contribution in [1.29, 1.82) is 0 Å². The van der Waals surface area contributed by atoms with Crippen LogP contribution in [0.4, 0.5) is 10.5 Å². The van der Waals surface area contributed by atoms with E-state index >= 15 is 0 Å². The number of anilines is 1. The fourth-order valence-corrected chi connectivity index (χ4v) is 1.73. The van der Waals surface area contributed by atoms with Gasteiger partial charge in [0.2, 0.25) is 0 Å². The van der Waals surface area contributed by atoms with E-state index in [4.69, 9.17) is 0 Å². The molecule has 1 atom stereocenters. The summed E-state index contributed by atoms with van der Waals surface area (Å²) in [6.07, 6.45) is 6.21. The monoisotopic (exact) mass is 289 g/mol. The number of H-pyrrole nitrogens is 1. The van der Waals surface area contributed by atoms with E-state index in [-0.39, 0.29) is 6.42 Å². The number of urea groups is 1. The lowest BCUT2D eigenvalue weighted by atomic mass is 10.1. The third kappa shape index (κ3) is 3.78. The highest BCUT2D eigenvalue weighted by atomic mass is 16.4. The van der Waals surface area contributed by atoms with E-state index in [2.05, 4.69) is 20.3 Å². The lowest BCUT2D eigenvalue weighted by molar-refractivity contribution is -0.139. The molecule has 0 fully saturated rings. The molecule has 0 aliphatic rings. The maximum atomic E-state index is 12.1. The molecule has 0 aliphatic carbocycles. The predicted molar refractivity (Wildman–Crippen MR) is 74.9 cm³/mol. The minimum Gasteiger partial charge on any atom is -0.480 e. The minimum absolute atomic E-state index is 0.127. The fraction of sp³-hybridized carbons (Fsp3) is 0.231. The first-order valence-corrected chi connectivity index (χ1v) is 6.22. The van der Waals surface area contributed by atoms with Gasteiger partial charge in [0, 0.05) is 31.6 Å². The first-order chi connectivity index (χ1) is 10.1. The average Bonchev–Trinajstić information content (AvgIpc) is 2.99. The Balaban J connectivity index is 2.03. The van der Waals surface area contributed by atoms with Crippen molar-refractivity contribution in [3.63, 3.8) is 0 Å². The molecule has 0 spiro atoms. The number of hydrogen-bond acceptors (Lipinski definition) is 4. The molecule has 0 radical (unpaired) electrons. The smallest absolute Gasteiger partial charge is 0.326 e. The van der Waals surface area contributed by atoms with Crippen LogP contribution >= 0.6 is 0 Å². The topological polar surface area (TPSA) is 111 Å². The Bertz CT molecular complexity index is 600. The summed E-state index contributed by atoms with van der Waals surface area (Å²) in [5.74, 6) is -1.11. The number of aromatic amines is 1. The van der Waals surface area contributed by atoms with Crippen molar-refractivity contribution in [2.24, 2.45) is 0 Å². The summed E-state index contributed by atoms with van der Waals surface area (Å²) in [5, 5.41) is 11.7. The van der Waals surface area contributed by atoms with Gasteiger partial charge in [-0.1, -0.05) is 0 Å². The van der Waals surface area contributed by atoms with Gasteiger partial charge < -0.3 is 15.4 Å². The lowest BCUT2D eigenvalue weighted by Gasteiger charge is -2.20. The molecule has 8 nitrogen and oxygen atoms in total. The summed E-state index contributed by atoms with van der Waals surface area (Å²) in [6.45, 7) is 0. The van der Waals surface area contributed by atoms with Gasteiger partial charge in [-0.3, -0.25) is 9.88 Å². The summed E-state index contributed by atoms with van der Waals surface area (Å²) < 4.78 is 0. The van der Waals surface area contributed by atoms with E-state index in [1.54, 1.807) is 25.4 Å². The molecule has 0 bridgehead atoms. The second-order valence-corrected chi connectivity index (χ2v) is 4.39. The van der Waals surface area contributed by atoms with Gasteiger partial charge in [0.1, 0.15) is 6.04 Å². The van der Waals surface area contributed by atoms with Crippen LogP contribution in [0.2, 0.25) is 0 Å². The lowest BCUT2D eigenvalue weighted by Crippen LogP contribution is -2.48. The van der Waals surface area contributed by atoms with Crippen LogP contribution in [0.1, 0.15) is 5.69 Å². The zero-order chi connectivity index (χ0) is 15.2. The Hall–Kier alpha value is -2.90. The van der Waals surface area contributed by atoms with E-state index in [0.29, 0.717) is 11.4 Å². The fourth-order valence-electron chi connectivity index (χ4n) is 1.73. The van der Waals surface area contributed by atoms with Gasteiger partial charge in [-0.05, 0) is 12.1 Å². The number of carbonyl (C=O) groups is 2. The number of carboxylic acids is 1. The van der Waals surface area contributed by atoms with Gasteiger partial charge in [0.15, 0.2) is 0 Å². The normalized spacial score (nSPS) is 11.7. The first kappa shape index (κ1) is 14.5. The molecule has 0 saturated heterocycles. The van der Waals surface area contributed by atoms with Gasteiger partial charge in [-0.25, -0.2) is 14.6 Å². The predicted octanol–water partition coefficient (Wildman–Crippen LogP) is 0.646. The third-order valence-electron chi connectivity index (χ3n) is 2.91. The van der Waals surface area contributed by atoms with Crippen LogP contribution in [0.25, 0.3) is 0 Å². The number of aliphatic carboxylic acids is 1. The Morgan fingerprint density at radius 1 is 1.43 bits per heavy atom. The van der Waals surface area contributed by atoms with Crippen molar-refractivity contribution >= 4 is 17.7 Å². The molecule has 8 heteroatoms. The maximum absolute atomic E-state index is 12.1. The highest BCUT2D eigenvalue weighted by Crippen LogP contribution is 2.09. The molecule has 3 N–H and O–H groups in total. The van der Waals surface area contributed by atoms with Crippen molar-refractivity contribution in [3.8, 4) is 0 Å². The molecule has 2 aromatic heterocycles. The van der Waals surface area contributed by atoms with Crippen molar-refractivity contribution in [1.82, 2.24) is 20.3 Å². The number of pyridine rings is 1. The number of carbonyl (C=O) groups excluding carboxylic acids is 1. The van der Waals surface area contributed by atoms with Crippen molar-refractivity contribution < 1.29 is 14.7 Å². The second kappa shape index (κ2) is 6.51. The third-order valence-corrected chi connectivity index (χ3v) is 2.91. The van der Waals surface area contributed by atoms with Gasteiger partial charge >= 0.3 is 12.0 Å². The largest absolute Gasteiger partial charge is 0.480 e. The Morgan fingerprint density at radius 2 is 2.24 bits per heavy atom. The molecule has 110 valence electrons. The number of rotatable bonds is 5. The molecule has 2 rings (SSSR count). The summed E-state index contributed by atoms with van der Waals surface area (Å²) >= 11 is 0. The van der Waals surface area contributed by atoms with E-state index in [1.807, 2.05) is 0 Å². The van der Waals surface area contributed by atoms with Crippen molar-refractivity contribution in [2.75, 3.05) is 11.9 Å². The highest BCUT2D eigenvalue weighted by Gasteiger charge is 2.23.